The van der Waals surface area contributed by atoms with Crippen molar-refractivity contribution in [1.82, 2.24) is 15.1 Å². The monoisotopic (exact) mass is 418 g/mol. The highest BCUT2D eigenvalue weighted by Crippen LogP contribution is 2.38. The van der Waals surface area contributed by atoms with E-state index < -0.39 is 0 Å². The standard InChI is InChI=1S/C26H34N4O/c1-2-26(20-28-13-11-23(26)12-14-28)27-25(31)30-17-15-29(16-18-30)24-10-6-9-22(19-24)21-7-4-3-5-8-21/h3-10,19,23H,2,11-18,20H2,1H3,(H,27,31). The van der Waals surface area contributed by atoms with Crippen molar-refractivity contribution in [2.75, 3.05) is 50.7 Å². The Labute approximate surface area is 186 Å². The number of hydrogen-bond acceptors (Lipinski definition) is 3. The second-order valence-electron chi connectivity index (χ2n) is 9.38. The zero-order valence-corrected chi connectivity index (χ0v) is 18.6. The minimum atomic E-state index is -0.0330. The van der Waals surface area contributed by atoms with Gasteiger partial charge in [-0.3, -0.25) is 0 Å². The second-order valence-corrected chi connectivity index (χ2v) is 9.38. The number of hydrogen-bond donors (Lipinski definition) is 1. The van der Waals surface area contributed by atoms with Crippen molar-refractivity contribution in [1.29, 1.82) is 0 Å². The largest absolute Gasteiger partial charge is 0.368 e. The SMILES string of the molecule is CCC1(NC(=O)N2CCN(c3cccc(-c4ccccc4)c3)CC2)CN2CCC1CC2. The van der Waals surface area contributed by atoms with Crippen molar-refractivity contribution >= 4 is 11.7 Å². The topological polar surface area (TPSA) is 38.8 Å². The van der Waals surface area contributed by atoms with Crippen LogP contribution in [0.2, 0.25) is 0 Å². The number of piperazine rings is 1. The minimum Gasteiger partial charge on any atom is -0.368 e. The number of urea groups is 1. The summed E-state index contributed by atoms with van der Waals surface area (Å²) in [6.45, 7) is 8.95. The van der Waals surface area contributed by atoms with Crippen molar-refractivity contribution in [3.63, 3.8) is 0 Å². The van der Waals surface area contributed by atoms with Crippen molar-refractivity contribution in [3.8, 4) is 11.1 Å². The molecule has 6 rings (SSSR count). The van der Waals surface area contributed by atoms with E-state index in [9.17, 15) is 4.79 Å². The lowest BCUT2D eigenvalue weighted by molar-refractivity contribution is 0.00736. The molecule has 5 heteroatoms. The molecule has 2 amide bonds. The van der Waals surface area contributed by atoms with Crippen molar-refractivity contribution in [2.24, 2.45) is 5.92 Å². The molecular formula is C26H34N4O. The predicted octanol–water partition coefficient (Wildman–Crippen LogP) is 4.06. The van der Waals surface area contributed by atoms with E-state index in [4.69, 9.17) is 0 Å². The van der Waals surface area contributed by atoms with Crippen molar-refractivity contribution in [2.45, 2.75) is 31.7 Å². The molecule has 4 aliphatic rings. The van der Waals surface area contributed by atoms with Crippen LogP contribution in [0.1, 0.15) is 26.2 Å². The summed E-state index contributed by atoms with van der Waals surface area (Å²) >= 11 is 0. The fourth-order valence-corrected chi connectivity index (χ4v) is 5.77. The molecule has 0 spiro atoms. The number of rotatable bonds is 4. The van der Waals surface area contributed by atoms with Gasteiger partial charge in [-0.15, -0.1) is 0 Å². The highest BCUT2D eigenvalue weighted by atomic mass is 16.2. The van der Waals surface area contributed by atoms with Gasteiger partial charge in [0.25, 0.3) is 0 Å². The Morgan fingerprint density at radius 3 is 2.29 bits per heavy atom. The quantitative estimate of drug-likeness (QED) is 0.814. The van der Waals surface area contributed by atoms with Crippen LogP contribution < -0.4 is 10.2 Å². The smallest absolute Gasteiger partial charge is 0.318 e. The molecule has 31 heavy (non-hydrogen) atoms. The number of benzene rings is 2. The van der Waals surface area contributed by atoms with E-state index in [1.807, 2.05) is 4.90 Å². The minimum absolute atomic E-state index is 0.0330. The van der Waals surface area contributed by atoms with Crippen LogP contribution >= 0.6 is 0 Å². The summed E-state index contributed by atoms with van der Waals surface area (Å²) in [5.41, 5.74) is 3.69. The maximum Gasteiger partial charge on any atom is 0.318 e. The number of carbonyl (C=O) groups excluding carboxylic acids is 1. The molecule has 0 aromatic heterocycles. The normalized spacial score (nSPS) is 27.9. The van der Waals surface area contributed by atoms with Crippen LogP contribution in [-0.4, -0.2) is 67.2 Å². The number of amides is 2. The van der Waals surface area contributed by atoms with Crippen LogP contribution in [0.15, 0.2) is 54.6 Å². The molecule has 0 radical (unpaired) electrons. The summed E-state index contributed by atoms with van der Waals surface area (Å²) in [5.74, 6) is 0.633. The Balaban J connectivity index is 1.21. The van der Waals surface area contributed by atoms with Gasteiger partial charge in [0.15, 0.2) is 0 Å². The van der Waals surface area contributed by atoms with E-state index in [-0.39, 0.29) is 11.6 Å². The van der Waals surface area contributed by atoms with Crippen LogP contribution in [-0.2, 0) is 0 Å². The van der Waals surface area contributed by atoms with Gasteiger partial charge in [0.05, 0.1) is 5.54 Å². The zero-order chi connectivity index (χ0) is 21.3. The first-order valence-electron chi connectivity index (χ1n) is 11.9. The highest BCUT2D eigenvalue weighted by Gasteiger charge is 2.46. The third-order valence-corrected chi connectivity index (χ3v) is 7.75. The molecule has 5 nitrogen and oxygen atoms in total. The van der Waals surface area contributed by atoms with Gasteiger partial charge in [0.2, 0.25) is 0 Å². The van der Waals surface area contributed by atoms with Gasteiger partial charge in [-0.25, -0.2) is 4.79 Å². The van der Waals surface area contributed by atoms with Gasteiger partial charge in [-0.1, -0.05) is 49.4 Å². The van der Waals surface area contributed by atoms with Gasteiger partial charge in [-0.2, -0.15) is 0 Å². The van der Waals surface area contributed by atoms with Gasteiger partial charge in [0, 0.05) is 38.4 Å². The molecule has 2 aromatic rings. The number of piperidine rings is 3. The average molecular weight is 419 g/mol. The van der Waals surface area contributed by atoms with Gasteiger partial charge in [-0.05, 0) is 61.5 Å². The third kappa shape index (κ3) is 4.03. The molecule has 0 saturated carbocycles. The maximum absolute atomic E-state index is 13.2. The van der Waals surface area contributed by atoms with Gasteiger partial charge < -0.3 is 20.0 Å². The summed E-state index contributed by atoms with van der Waals surface area (Å²) in [6, 6.07) is 19.4. The lowest BCUT2D eigenvalue weighted by Gasteiger charge is -2.54. The molecule has 1 atom stereocenters. The Hall–Kier alpha value is -2.53. The number of nitrogens with one attached hydrogen (secondary N) is 1. The fourth-order valence-electron chi connectivity index (χ4n) is 5.77. The summed E-state index contributed by atoms with van der Waals surface area (Å²) in [5, 5.41) is 3.50. The molecule has 164 valence electrons. The molecule has 0 aliphatic carbocycles. The van der Waals surface area contributed by atoms with E-state index in [1.165, 1.54) is 42.7 Å². The van der Waals surface area contributed by atoms with E-state index in [0.717, 1.165) is 39.1 Å². The fraction of sp³-hybridized carbons (Fsp3) is 0.500. The molecular weight excluding hydrogens is 384 g/mol. The molecule has 1 N–H and O–H groups in total. The van der Waals surface area contributed by atoms with Crippen molar-refractivity contribution in [3.05, 3.63) is 54.6 Å². The van der Waals surface area contributed by atoms with E-state index in [2.05, 4.69) is 76.6 Å². The summed E-state index contributed by atoms with van der Waals surface area (Å²) in [6.07, 6.45) is 3.46. The Bertz CT molecular complexity index is 901. The van der Waals surface area contributed by atoms with E-state index in [0.29, 0.717) is 5.92 Å². The molecule has 4 aliphatic heterocycles. The molecule has 4 saturated heterocycles. The Morgan fingerprint density at radius 2 is 1.65 bits per heavy atom. The molecule has 2 bridgehead atoms. The number of anilines is 1. The predicted molar refractivity (Wildman–Crippen MR) is 126 cm³/mol. The number of carbonyl (C=O) groups is 1. The van der Waals surface area contributed by atoms with Crippen LogP contribution in [0, 0.1) is 5.92 Å². The molecule has 4 heterocycles. The lowest BCUT2D eigenvalue weighted by atomic mass is 9.71. The van der Waals surface area contributed by atoms with Crippen LogP contribution in [0.25, 0.3) is 11.1 Å². The molecule has 4 fully saturated rings. The third-order valence-electron chi connectivity index (χ3n) is 7.75. The highest BCUT2D eigenvalue weighted by molar-refractivity contribution is 5.76. The first kappa shape index (κ1) is 20.4. The zero-order valence-electron chi connectivity index (χ0n) is 18.6. The first-order chi connectivity index (χ1) is 15.2. The lowest BCUT2D eigenvalue weighted by Crippen LogP contribution is -2.68. The number of nitrogens with zero attached hydrogens (tertiary/aromatic N) is 3. The Kier molecular flexibility index (Phi) is 5.61. The van der Waals surface area contributed by atoms with Crippen LogP contribution in [0.4, 0.5) is 10.5 Å². The molecule has 2 aromatic carbocycles. The van der Waals surface area contributed by atoms with Gasteiger partial charge in [0.1, 0.15) is 0 Å². The first-order valence-corrected chi connectivity index (χ1v) is 11.9. The average Bonchev–Trinajstić information content (AvgIpc) is 2.85. The Morgan fingerprint density at radius 1 is 0.935 bits per heavy atom. The van der Waals surface area contributed by atoms with E-state index in [1.54, 1.807) is 0 Å². The summed E-state index contributed by atoms with van der Waals surface area (Å²) in [7, 11) is 0. The van der Waals surface area contributed by atoms with Crippen molar-refractivity contribution < 1.29 is 4.79 Å². The van der Waals surface area contributed by atoms with Crippen LogP contribution in [0.5, 0.6) is 0 Å². The summed E-state index contributed by atoms with van der Waals surface area (Å²) < 4.78 is 0. The number of fused-ring (bicyclic) bond motifs is 3. The summed E-state index contributed by atoms with van der Waals surface area (Å²) in [4.78, 5) is 20.1. The molecule has 1 unspecified atom stereocenters. The maximum atomic E-state index is 13.2. The second kappa shape index (κ2) is 8.54. The van der Waals surface area contributed by atoms with E-state index >= 15 is 0 Å². The van der Waals surface area contributed by atoms with Crippen LogP contribution in [0.3, 0.4) is 0 Å². The van der Waals surface area contributed by atoms with Gasteiger partial charge >= 0.3 is 6.03 Å².